The summed E-state index contributed by atoms with van der Waals surface area (Å²) in [6.45, 7) is 1.45. The molecule has 3 aromatic rings. The number of nitrogens with one attached hydrogen (secondary N) is 2. The van der Waals surface area contributed by atoms with Gasteiger partial charge in [-0.15, -0.1) is 0 Å². The Hall–Kier alpha value is -3.02. The number of aromatic amines is 1. The maximum Gasteiger partial charge on any atom is 0.223 e. The van der Waals surface area contributed by atoms with E-state index in [2.05, 4.69) is 15.3 Å². The maximum atomic E-state index is 11.1. The lowest BCUT2D eigenvalue weighted by molar-refractivity contribution is -0.114. The summed E-state index contributed by atoms with van der Waals surface area (Å²) in [4.78, 5) is 18.5. The van der Waals surface area contributed by atoms with Gasteiger partial charge in [-0.2, -0.15) is 0 Å². The predicted molar refractivity (Wildman–Crippen MR) is 88.9 cm³/mol. The van der Waals surface area contributed by atoms with E-state index in [1.807, 2.05) is 36.4 Å². The van der Waals surface area contributed by atoms with Gasteiger partial charge in [0.05, 0.1) is 25.3 Å². The van der Waals surface area contributed by atoms with E-state index < -0.39 is 0 Å². The first kappa shape index (κ1) is 14.9. The molecule has 2 N–H and O–H groups in total. The molecule has 1 aromatic heterocycles. The van der Waals surface area contributed by atoms with E-state index in [9.17, 15) is 4.79 Å². The molecule has 6 nitrogen and oxygen atoms in total. The van der Waals surface area contributed by atoms with Crippen LogP contribution in [0.4, 0.5) is 5.95 Å². The number of H-pyrrole nitrogens is 1. The largest absolute Gasteiger partial charge is 0.493 e. The second kappa shape index (κ2) is 6.00. The van der Waals surface area contributed by atoms with Gasteiger partial charge in [0.25, 0.3) is 0 Å². The van der Waals surface area contributed by atoms with Crippen molar-refractivity contribution in [2.75, 3.05) is 19.5 Å². The average Bonchev–Trinajstić information content (AvgIpc) is 2.94. The number of hydrogen-bond donors (Lipinski definition) is 2. The number of imidazole rings is 1. The van der Waals surface area contributed by atoms with Crippen molar-refractivity contribution in [1.29, 1.82) is 0 Å². The Morgan fingerprint density at radius 2 is 1.74 bits per heavy atom. The number of hydrogen-bond acceptors (Lipinski definition) is 4. The van der Waals surface area contributed by atoms with Gasteiger partial charge < -0.3 is 14.5 Å². The minimum atomic E-state index is -0.163. The summed E-state index contributed by atoms with van der Waals surface area (Å²) >= 11 is 0. The van der Waals surface area contributed by atoms with Crippen LogP contribution in [0.25, 0.3) is 22.2 Å². The zero-order valence-electron chi connectivity index (χ0n) is 13.1. The molecule has 0 radical (unpaired) electrons. The van der Waals surface area contributed by atoms with E-state index in [4.69, 9.17) is 9.47 Å². The number of nitrogens with zero attached hydrogens (tertiary/aromatic N) is 1. The number of carbonyl (C=O) groups is 1. The lowest BCUT2D eigenvalue weighted by Gasteiger charge is -2.09. The smallest absolute Gasteiger partial charge is 0.223 e. The van der Waals surface area contributed by atoms with Gasteiger partial charge in [0, 0.05) is 6.92 Å². The number of ether oxygens (including phenoxy) is 2. The fourth-order valence-corrected chi connectivity index (χ4v) is 2.43. The van der Waals surface area contributed by atoms with Gasteiger partial charge in [-0.1, -0.05) is 12.1 Å². The first-order valence-electron chi connectivity index (χ1n) is 7.10. The van der Waals surface area contributed by atoms with E-state index in [0.29, 0.717) is 17.4 Å². The fourth-order valence-electron chi connectivity index (χ4n) is 2.43. The normalized spacial score (nSPS) is 10.6. The van der Waals surface area contributed by atoms with Crippen LogP contribution in [0.2, 0.25) is 0 Å². The minimum absolute atomic E-state index is 0.163. The van der Waals surface area contributed by atoms with Gasteiger partial charge in [0.2, 0.25) is 11.9 Å². The second-order valence-corrected chi connectivity index (χ2v) is 5.07. The molecule has 0 aliphatic heterocycles. The molecule has 0 aliphatic carbocycles. The highest BCUT2D eigenvalue weighted by Crippen LogP contribution is 2.33. The van der Waals surface area contributed by atoms with E-state index in [1.165, 1.54) is 6.92 Å². The van der Waals surface area contributed by atoms with Gasteiger partial charge in [-0.05, 0) is 35.4 Å². The molecular weight excluding hydrogens is 294 g/mol. The monoisotopic (exact) mass is 311 g/mol. The van der Waals surface area contributed by atoms with E-state index in [-0.39, 0.29) is 5.91 Å². The summed E-state index contributed by atoms with van der Waals surface area (Å²) in [6.07, 6.45) is 0. The number of methoxy groups -OCH3 is 2. The van der Waals surface area contributed by atoms with Crippen LogP contribution in [0.15, 0.2) is 36.4 Å². The number of amides is 1. The molecule has 0 saturated heterocycles. The van der Waals surface area contributed by atoms with Crippen LogP contribution < -0.4 is 14.8 Å². The molecule has 3 rings (SSSR count). The molecule has 1 amide bonds. The number of rotatable bonds is 4. The quantitative estimate of drug-likeness (QED) is 0.775. The van der Waals surface area contributed by atoms with E-state index in [0.717, 1.165) is 22.2 Å². The number of aromatic nitrogens is 2. The van der Waals surface area contributed by atoms with Gasteiger partial charge >= 0.3 is 0 Å². The van der Waals surface area contributed by atoms with Crippen LogP contribution in [0.5, 0.6) is 11.5 Å². The minimum Gasteiger partial charge on any atom is -0.493 e. The Morgan fingerprint density at radius 3 is 2.43 bits per heavy atom. The third kappa shape index (κ3) is 2.96. The van der Waals surface area contributed by atoms with Crippen LogP contribution >= 0.6 is 0 Å². The Balaban J connectivity index is 2.01. The third-order valence-corrected chi connectivity index (χ3v) is 3.49. The average molecular weight is 311 g/mol. The fraction of sp³-hybridized carbons (Fsp3) is 0.176. The topological polar surface area (TPSA) is 76.2 Å². The molecule has 1 heterocycles. The summed E-state index contributed by atoms with van der Waals surface area (Å²) in [7, 11) is 3.22. The van der Waals surface area contributed by atoms with Crippen molar-refractivity contribution in [1.82, 2.24) is 9.97 Å². The van der Waals surface area contributed by atoms with Gasteiger partial charge in [-0.25, -0.2) is 4.98 Å². The molecule has 2 aromatic carbocycles. The van der Waals surface area contributed by atoms with Crippen molar-refractivity contribution >= 4 is 22.9 Å². The first-order valence-corrected chi connectivity index (χ1v) is 7.10. The number of fused-ring (bicyclic) bond motifs is 1. The Morgan fingerprint density at radius 1 is 1.04 bits per heavy atom. The summed E-state index contributed by atoms with van der Waals surface area (Å²) in [5.74, 6) is 1.64. The maximum absolute atomic E-state index is 11.1. The van der Waals surface area contributed by atoms with Crippen LogP contribution in [-0.4, -0.2) is 30.1 Å². The van der Waals surface area contributed by atoms with Crippen molar-refractivity contribution < 1.29 is 14.3 Å². The standard InChI is InChI=1S/C17H17N3O3/c1-10(21)18-17-19-13-6-4-11(8-14(13)20-17)12-5-7-15(22-2)16(9-12)23-3/h4-9H,1-3H3,(H2,18,19,20,21). The highest BCUT2D eigenvalue weighted by atomic mass is 16.5. The van der Waals surface area contributed by atoms with Crippen molar-refractivity contribution in [2.45, 2.75) is 6.92 Å². The lowest BCUT2D eigenvalue weighted by Crippen LogP contribution is -2.06. The molecule has 23 heavy (non-hydrogen) atoms. The first-order chi connectivity index (χ1) is 11.1. The van der Waals surface area contributed by atoms with Gasteiger partial charge in [0.1, 0.15) is 0 Å². The lowest BCUT2D eigenvalue weighted by atomic mass is 10.0. The summed E-state index contributed by atoms with van der Waals surface area (Å²) < 4.78 is 10.6. The molecule has 0 unspecified atom stereocenters. The van der Waals surface area contributed by atoms with Crippen molar-refractivity contribution in [3.63, 3.8) is 0 Å². The third-order valence-electron chi connectivity index (χ3n) is 3.49. The SMILES string of the molecule is COc1ccc(-c2ccc3nc(NC(C)=O)[nH]c3c2)cc1OC. The number of anilines is 1. The van der Waals surface area contributed by atoms with Crippen LogP contribution in [-0.2, 0) is 4.79 Å². The second-order valence-electron chi connectivity index (χ2n) is 5.07. The number of carbonyl (C=O) groups excluding carboxylic acids is 1. The van der Waals surface area contributed by atoms with E-state index >= 15 is 0 Å². The van der Waals surface area contributed by atoms with E-state index in [1.54, 1.807) is 14.2 Å². The van der Waals surface area contributed by atoms with Gasteiger partial charge in [0.15, 0.2) is 11.5 Å². The zero-order chi connectivity index (χ0) is 16.4. The van der Waals surface area contributed by atoms with Gasteiger partial charge in [-0.3, -0.25) is 10.1 Å². The molecule has 118 valence electrons. The Labute approximate surface area is 133 Å². The molecule has 0 aliphatic rings. The molecule has 0 saturated carbocycles. The van der Waals surface area contributed by atoms with Crippen molar-refractivity contribution in [3.05, 3.63) is 36.4 Å². The zero-order valence-corrected chi connectivity index (χ0v) is 13.1. The summed E-state index contributed by atoms with van der Waals surface area (Å²) in [5.41, 5.74) is 3.65. The summed E-state index contributed by atoms with van der Waals surface area (Å²) in [5, 5.41) is 2.64. The van der Waals surface area contributed by atoms with Crippen molar-refractivity contribution in [2.24, 2.45) is 0 Å². The molecular formula is C17H17N3O3. The predicted octanol–water partition coefficient (Wildman–Crippen LogP) is 3.21. The highest BCUT2D eigenvalue weighted by molar-refractivity contribution is 5.90. The molecule has 0 bridgehead atoms. The number of benzene rings is 2. The Kier molecular flexibility index (Phi) is 3.89. The van der Waals surface area contributed by atoms with Crippen LogP contribution in [0, 0.1) is 0 Å². The molecule has 6 heteroatoms. The summed E-state index contributed by atoms with van der Waals surface area (Å²) in [6, 6.07) is 11.6. The highest BCUT2D eigenvalue weighted by Gasteiger charge is 2.09. The molecule has 0 spiro atoms. The van der Waals surface area contributed by atoms with Crippen LogP contribution in [0.3, 0.4) is 0 Å². The Bertz CT molecular complexity index is 871. The van der Waals surface area contributed by atoms with Crippen LogP contribution in [0.1, 0.15) is 6.92 Å². The van der Waals surface area contributed by atoms with Crippen molar-refractivity contribution in [3.8, 4) is 22.6 Å². The molecule has 0 atom stereocenters. The molecule has 0 fully saturated rings.